The number of hydrogen-bond acceptors (Lipinski definition) is 2. The van der Waals surface area contributed by atoms with E-state index in [4.69, 9.17) is 28.3 Å². The topological polar surface area (TPSA) is 66.4 Å². The van der Waals surface area contributed by atoms with Crippen molar-refractivity contribution >= 4 is 41.2 Å². The second kappa shape index (κ2) is 7.16. The lowest BCUT2D eigenvalue weighted by Gasteiger charge is -2.09. The lowest BCUT2D eigenvalue weighted by molar-refractivity contribution is -0.141. The van der Waals surface area contributed by atoms with Crippen LogP contribution in [0.3, 0.4) is 0 Å². The Morgan fingerprint density at radius 3 is 2.68 bits per heavy atom. The van der Waals surface area contributed by atoms with Crippen molar-refractivity contribution < 1.29 is 14.7 Å². The molecule has 0 aromatic heterocycles. The summed E-state index contributed by atoms with van der Waals surface area (Å²) in [5.41, 5.74) is 0.590. The van der Waals surface area contributed by atoms with Gasteiger partial charge in [0.15, 0.2) is 0 Å². The summed E-state index contributed by atoms with van der Waals surface area (Å²) in [6.07, 6.45) is 3.02. The summed E-state index contributed by atoms with van der Waals surface area (Å²) in [7, 11) is 0. The highest BCUT2D eigenvalue weighted by Crippen LogP contribution is 2.21. The van der Waals surface area contributed by atoms with Crippen LogP contribution in [0.2, 0.25) is 10.0 Å². The fourth-order valence-corrected chi connectivity index (χ4v) is 1.73. The minimum Gasteiger partial charge on any atom is -0.480 e. The quantitative estimate of drug-likeness (QED) is 0.822. The molecule has 2 N–H and O–H groups in total. The van der Waals surface area contributed by atoms with Crippen molar-refractivity contribution in [2.45, 2.75) is 19.4 Å². The molecule has 0 aliphatic heterocycles. The van der Waals surface area contributed by atoms with Crippen LogP contribution < -0.4 is 5.32 Å². The van der Waals surface area contributed by atoms with Crippen molar-refractivity contribution in [2.75, 3.05) is 0 Å². The van der Waals surface area contributed by atoms with Crippen LogP contribution in [0.25, 0.3) is 6.08 Å². The number of carboxylic acids is 1. The van der Waals surface area contributed by atoms with Gasteiger partial charge in [0.05, 0.1) is 0 Å². The summed E-state index contributed by atoms with van der Waals surface area (Å²) in [4.78, 5) is 22.3. The fourth-order valence-electron chi connectivity index (χ4n) is 1.37. The molecule has 102 valence electrons. The molecule has 0 unspecified atom stereocenters. The molecule has 0 aliphatic carbocycles. The number of nitrogens with one attached hydrogen (secondary N) is 1. The molecule has 6 heteroatoms. The average molecular weight is 302 g/mol. The number of carbonyl (C=O) groups excluding carboxylic acids is 1. The molecule has 1 aromatic rings. The molecule has 0 saturated carbocycles. The van der Waals surface area contributed by atoms with E-state index in [0.717, 1.165) is 0 Å². The first-order valence-electron chi connectivity index (χ1n) is 5.60. The molecule has 1 atom stereocenters. The number of hydrogen-bond donors (Lipinski definition) is 2. The summed E-state index contributed by atoms with van der Waals surface area (Å²) < 4.78 is 0. The fraction of sp³-hybridized carbons (Fsp3) is 0.231. The van der Waals surface area contributed by atoms with E-state index >= 15 is 0 Å². The SMILES string of the molecule is CC[C@@H](NC(=O)C=Cc1cc(Cl)ccc1Cl)C(=O)O. The van der Waals surface area contributed by atoms with E-state index in [2.05, 4.69) is 5.32 Å². The van der Waals surface area contributed by atoms with E-state index in [1.165, 1.54) is 12.2 Å². The predicted molar refractivity (Wildman–Crippen MR) is 75.4 cm³/mol. The van der Waals surface area contributed by atoms with Gasteiger partial charge in [-0.1, -0.05) is 30.1 Å². The van der Waals surface area contributed by atoms with Crippen molar-refractivity contribution in [1.82, 2.24) is 5.32 Å². The molecule has 4 nitrogen and oxygen atoms in total. The minimum absolute atomic E-state index is 0.312. The molecule has 1 rings (SSSR count). The number of benzene rings is 1. The standard InChI is InChI=1S/C13H13Cl2NO3/c1-2-11(13(18)19)16-12(17)6-3-8-7-9(14)4-5-10(8)15/h3-7,11H,2H2,1H3,(H,16,17)(H,18,19)/t11-/m1/s1. The van der Waals surface area contributed by atoms with Crippen LogP contribution >= 0.6 is 23.2 Å². The molecule has 0 fully saturated rings. The van der Waals surface area contributed by atoms with E-state index in [1.807, 2.05) is 0 Å². The second-order valence-electron chi connectivity index (χ2n) is 3.81. The number of amides is 1. The summed E-state index contributed by atoms with van der Waals surface area (Å²) in [5, 5.41) is 12.1. The number of carboxylic acid groups (broad SMARTS) is 1. The zero-order valence-corrected chi connectivity index (χ0v) is 11.7. The molecule has 0 aliphatic rings. The number of halogens is 2. The molecule has 0 heterocycles. The number of carbonyl (C=O) groups is 2. The molecule has 0 radical (unpaired) electrons. The first-order valence-corrected chi connectivity index (χ1v) is 6.36. The van der Waals surface area contributed by atoms with Crippen molar-refractivity contribution in [2.24, 2.45) is 0 Å². The maximum atomic E-state index is 11.5. The molecular formula is C13H13Cl2NO3. The average Bonchev–Trinajstić information content (AvgIpc) is 2.36. The van der Waals surface area contributed by atoms with Crippen LogP contribution in [0.4, 0.5) is 0 Å². The summed E-state index contributed by atoms with van der Waals surface area (Å²) in [6.45, 7) is 1.68. The molecule has 0 saturated heterocycles. The third kappa shape index (κ3) is 4.93. The van der Waals surface area contributed by atoms with Crippen molar-refractivity contribution in [3.63, 3.8) is 0 Å². The Morgan fingerprint density at radius 1 is 1.42 bits per heavy atom. The van der Waals surface area contributed by atoms with E-state index in [-0.39, 0.29) is 0 Å². The number of aliphatic carboxylic acids is 1. The van der Waals surface area contributed by atoms with Gasteiger partial charge in [-0.05, 0) is 36.3 Å². The van der Waals surface area contributed by atoms with Crippen LogP contribution in [0.1, 0.15) is 18.9 Å². The highest BCUT2D eigenvalue weighted by Gasteiger charge is 2.15. The van der Waals surface area contributed by atoms with Gasteiger partial charge in [0.25, 0.3) is 0 Å². The Hall–Kier alpha value is -1.52. The molecular weight excluding hydrogens is 289 g/mol. The Kier molecular flexibility index (Phi) is 5.86. The van der Waals surface area contributed by atoms with Gasteiger partial charge in [-0.25, -0.2) is 4.79 Å². The summed E-state index contributed by atoms with van der Waals surface area (Å²) >= 11 is 11.7. The summed E-state index contributed by atoms with van der Waals surface area (Å²) in [6, 6.07) is 3.97. The van der Waals surface area contributed by atoms with Crippen LogP contribution in [-0.4, -0.2) is 23.0 Å². The smallest absolute Gasteiger partial charge is 0.326 e. The van der Waals surface area contributed by atoms with Gasteiger partial charge in [-0.15, -0.1) is 0 Å². The van der Waals surface area contributed by atoms with Crippen molar-refractivity contribution in [3.8, 4) is 0 Å². The predicted octanol–water partition coefficient (Wildman–Crippen LogP) is 2.99. The molecule has 1 aromatic carbocycles. The van der Waals surface area contributed by atoms with Gasteiger partial charge in [0.2, 0.25) is 5.91 Å². The maximum absolute atomic E-state index is 11.5. The van der Waals surface area contributed by atoms with Crippen LogP contribution in [-0.2, 0) is 9.59 Å². The van der Waals surface area contributed by atoms with Crippen LogP contribution in [0.15, 0.2) is 24.3 Å². The lowest BCUT2D eigenvalue weighted by Crippen LogP contribution is -2.39. The Bertz CT molecular complexity index is 515. The molecule has 0 bridgehead atoms. The largest absolute Gasteiger partial charge is 0.480 e. The van der Waals surface area contributed by atoms with Gasteiger partial charge in [0, 0.05) is 16.1 Å². The molecule has 0 spiro atoms. The van der Waals surface area contributed by atoms with E-state index in [1.54, 1.807) is 25.1 Å². The Labute approximate surface area is 121 Å². The molecule has 1 amide bonds. The Balaban J connectivity index is 2.73. The first kappa shape index (κ1) is 15.5. The van der Waals surface area contributed by atoms with Gasteiger partial charge in [0.1, 0.15) is 6.04 Å². The zero-order valence-electron chi connectivity index (χ0n) is 10.2. The van der Waals surface area contributed by atoms with E-state index in [0.29, 0.717) is 22.0 Å². The van der Waals surface area contributed by atoms with Crippen LogP contribution in [0.5, 0.6) is 0 Å². The third-order valence-corrected chi connectivity index (χ3v) is 2.97. The second-order valence-corrected chi connectivity index (χ2v) is 4.65. The highest BCUT2D eigenvalue weighted by molar-refractivity contribution is 6.34. The van der Waals surface area contributed by atoms with Gasteiger partial charge >= 0.3 is 5.97 Å². The third-order valence-electron chi connectivity index (χ3n) is 2.40. The van der Waals surface area contributed by atoms with E-state index in [9.17, 15) is 9.59 Å². The van der Waals surface area contributed by atoms with Gasteiger partial charge in [-0.2, -0.15) is 0 Å². The normalized spacial score (nSPS) is 12.4. The lowest BCUT2D eigenvalue weighted by atomic mass is 10.2. The summed E-state index contributed by atoms with van der Waals surface area (Å²) in [5.74, 6) is -1.56. The number of rotatable bonds is 5. The maximum Gasteiger partial charge on any atom is 0.326 e. The monoisotopic (exact) mass is 301 g/mol. The van der Waals surface area contributed by atoms with Gasteiger partial charge < -0.3 is 10.4 Å². The Morgan fingerprint density at radius 2 is 2.11 bits per heavy atom. The van der Waals surface area contributed by atoms with Crippen molar-refractivity contribution in [3.05, 3.63) is 39.9 Å². The van der Waals surface area contributed by atoms with Gasteiger partial charge in [-0.3, -0.25) is 4.79 Å². The van der Waals surface area contributed by atoms with Crippen LogP contribution in [0, 0.1) is 0 Å². The van der Waals surface area contributed by atoms with Crippen molar-refractivity contribution in [1.29, 1.82) is 0 Å². The highest BCUT2D eigenvalue weighted by atomic mass is 35.5. The molecule has 19 heavy (non-hydrogen) atoms. The zero-order chi connectivity index (χ0) is 14.4. The first-order chi connectivity index (χ1) is 8.93. The van der Waals surface area contributed by atoms with E-state index < -0.39 is 17.9 Å². The minimum atomic E-state index is -1.06.